The molecule has 94 valence electrons. The lowest BCUT2D eigenvalue weighted by molar-refractivity contribution is 0.0000472. The molecular weight excluding hydrogens is 196 g/mol. The third kappa shape index (κ3) is 1.81. The molecule has 0 spiro atoms. The van der Waals surface area contributed by atoms with Crippen molar-refractivity contribution in [1.29, 1.82) is 0 Å². The minimum atomic E-state index is -0.141. The van der Waals surface area contributed by atoms with Gasteiger partial charge in [-0.05, 0) is 55.3 Å². The van der Waals surface area contributed by atoms with Gasteiger partial charge in [0.05, 0.1) is 6.10 Å². The van der Waals surface area contributed by atoms with E-state index in [0.29, 0.717) is 11.3 Å². The van der Waals surface area contributed by atoms with E-state index in [0.717, 1.165) is 17.8 Å². The summed E-state index contributed by atoms with van der Waals surface area (Å²) in [6.45, 7) is 9.16. The van der Waals surface area contributed by atoms with Gasteiger partial charge in [-0.3, -0.25) is 0 Å². The summed E-state index contributed by atoms with van der Waals surface area (Å²) >= 11 is 0. The predicted molar refractivity (Wildman–Crippen MR) is 68.2 cm³/mol. The molecule has 0 saturated heterocycles. The molecule has 0 bridgehead atoms. The lowest BCUT2D eigenvalue weighted by atomic mass is 9.59. The summed E-state index contributed by atoms with van der Waals surface area (Å²) < 4.78 is 0. The normalized spacial score (nSPS) is 47.4. The third-order valence-corrected chi connectivity index (χ3v) is 5.94. The molecule has 1 nitrogen and oxygen atoms in total. The summed E-state index contributed by atoms with van der Waals surface area (Å²) in [5, 5.41) is 9.85. The van der Waals surface area contributed by atoms with Crippen LogP contribution in [0.1, 0.15) is 59.8 Å². The van der Waals surface area contributed by atoms with Gasteiger partial charge in [0, 0.05) is 0 Å². The van der Waals surface area contributed by atoms with Crippen LogP contribution in [0.25, 0.3) is 0 Å². The highest BCUT2D eigenvalue weighted by atomic mass is 16.3. The van der Waals surface area contributed by atoms with Gasteiger partial charge >= 0.3 is 0 Å². The van der Waals surface area contributed by atoms with Crippen LogP contribution in [0, 0.1) is 29.1 Å². The molecule has 0 aromatic rings. The van der Waals surface area contributed by atoms with Crippen molar-refractivity contribution >= 4 is 0 Å². The van der Waals surface area contributed by atoms with Crippen LogP contribution in [0.5, 0.6) is 0 Å². The number of aliphatic hydroxyl groups is 1. The fraction of sp³-hybridized carbons (Fsp3) is 1.00. The number of hydrogen-bond acceptors (Lipinski definition) is 1. The van der Waals surface area contributed by atoms with Crippen LogP contribution >= 0.6 is 0 Å². The van der Waals surface area contributed by atoms with Gasteiger partial charge in [0.2, 0.25) is 0 Å². The Labute approximate surface area is 101 Å². The van der Waals surface area contributed by atoms with Crippen molar-refractivity contribution in [3.05, 3.63) is 0 Å². The Bertz CT molecular complexity index is 248. The first-order chi connectivity index (χ1) is 7.47. The quantitative estimate of drug-likeness (QED) is 0.755. The van der Waals surface area contributed by atoms with Crippen LogP contribution in [-0.4, -0.2) is 11.2 Å². The Morgan fingerprint density at radius 1 is 1.19 bits per heavy atom. The molecule has 2 aliphatic rings. The SMILES string of the molecule is CC(O)[C@H](C)C1CCC2[C@@H](C)CCC[C@]12C. The second-order valence-corrected chi connectivity index (χ2v) is 6.77. The number of aliphatic hydroxyl groups excluding tert-OH is 1. The summed E-state index contributed by atoms with van der Waals surface area (Å²) in [5.74, 6) is 3.05. The fourth-order valence-electron chi connectivity index (χ4n) is 4.80. The van der Waals surface area contributed by atoms with Gasteiger partial charge < -0.3 is 5.11 Å². The van der Waals surface area contributed by atoms with E-state index in [-0.39, 0.29) is 6.10 Å². The van der Waals surface area contributed by atoms with Crippen LogP contribution in [-0.2, 0) is 0 Å². The summed E-state index contributed by atoms with van der Waals surface area (Å²) in [6.07, 6.45) is 6.83. The molecule has 1 heteroatoms. The summed E-state index contributed by atoms with van der Waals surface area (Å²) in [6, 6.07) is 0. The van der Waals surface area contributed by atoms with E-state index >= 15 is 0 Å². The molecule has 0 radical (unpaired) electrons. The molecule has 0 aromatic carbocycles. The maximum Gasteiger partial charge on any atom is 0.0540 e. The summed E-state index contributed by atoms with van der Waals surface area (Å²) in [5.41, 5.74) is 0.522. The van der Waals surface area contributed by atoms with Crippen LogP contribution in [0.2, 0.25) is 0 Å². The van der Waals surface area contributed by atoms with E-state index < -0.39 is 0 Å². The summed E-state index contributed by atoms with van der Waals surface area (Å²) in [7, 11) is 0. The molecule has 6 atom stereocenters. The van der Waals surface area contributed by atoms with Crippen molar-refractivity contribution < 1.29 is 5.11 Å². The Kier molecular flexibility index (Phi) is 3.36. The van der Waals surface area contributed by atoms with E-state index in [1.807, 2.05) is 6.92 Å². The maximum atomic E-state index is 9.85. The number of rotatable bonds is 2. The molecule has 2 saturated carbocycles. The van der Waals surface area contributed by atoms with E-state index in [1.54, 1.807) is 0 Å². The van der Waals surface area contributed by atoms with Crippen molar-refractivity contribution in [2.75, 3.05) is 0 Å². The Morgan fingerprint density at radius 3 is 2.50 bits per heavy atom. The number of fused-ring (bicyclic) bond motifs is 1. The van der Waals surface area contributed by atoms with E-state index in [9.17, 15) is 5.11 Å². The zero-order valence-electron chi connectivity index (χ0n) is 11.4. The van der Waals surface area contributed by atoms with E-state index in [2.05, 4.69) is 20.8 Å². The Morgan fingerprint density at radius 2 is 1.88 bits per heavy atom. The molecule has 16 heavy (non-hydrogen) atoms. The highest BCUT2D eigenvalue weighted by Crippen LogP contribution is 2.59. The van der Waals surface area contributed by atoms with Crippen molar-refractivity contribution in [1.82, 2.24) is 0 Å². The standard InChI is InChI=1S/C15H28O/c1-10-6-5-9-15(4)13(10)7-8-14(15)11(2)12(3)16/h10-14,16H,5-9H2,1-4H3/t10-,11-,12?,13?,14?,15-/m0/s1. The molecule has 0 aliphatic heterocycles. The first kappa shape index (κ1) is 12.4. The van der Waals surface area contributed by atoms with Crippen LogP contribution in [0.4, 0.5) is 0 Å². The predicted octanol–water partition coefficient (Wildman–Crippen LogP) is 3.86. The first-order valence-corrected chi connectivity index (χ1v) is 7.15. The zero-order chi connectivity index (χ0) is 11.9. The molecular formula is C15H28O. The second-order valence-electron chi connectivity index (χ2n) is 6.77. The van der Waals surface area contributed by atoms with E-state index in [1.165, 1.54) is 32.1 Å². The third-order valence-electron chi connectivity index (χ3n) is 5.94. The minimum absolute atomic E-state index is 0.141. The molecule has 2 rings (SSSR count). The van der Waals surface area contributed by atoms with Gasteiger partial charge in [-0.1, -0.05) is 33.6 Å². The lowest BCUT2D eigenvalue weighted by Gasteiger charge is -2.46. The molecule has 0 aromatic heterocycles. The monoisotopic (exact) mass is 224 g/mol. The minimum Gasteiger partial charge on any atom is -0.393 e. The fourth-order valence-corrected chi connectivity index (χ4v) is 4.80. The van der Waals surface area contributed by atoms with Gasteiger partial charge in [0.1, 0.15) is 0 Å². The number of hydrogen-bond donors (Lipinski definition) is 1. The van der Waals surface area contributed by atoms with Crippen LogP contribution in [0.15, 0.2) is 0 Å². The molecule has 3 unspecified atom stereocenters. The molecule has 1 N–H and O–H groups in total. The van der Waals surface area contributed by atoms with Crippen LogP contribution < -0.4 is 0 Å². The maximum absolute atomic E-state index is 9.85. The average molecular weight is 224 g/mol. The van der Waals surface area contributed by atoms with Gasteiger partial charge in [0.15, 0.2) is 0 Å². The molecule has 0 amide bonds. The van der Waals surface area contributed by atoms with Gasteiger partial charge in [-0.2, -0.15) is 0 Å². The Balaban J connectivity index is 2.18. The first-order valence-electron chi connectivity index (χ1n) is 7.15. The Hall–Kier alpha value is -0.0400. The smallest absolute Gasteiger partial charge is 0.0540 e. The molecule has 0 heterocycles. The van der Waals surface area contributed by atoms with Crippen molar-refractivity contribution in [3.63, 3.8) is 0 Å². The molecule has 2 aliphatic carbocycles. The second kappa shape index (κ2) is 4.33. The van der Waals surface area contributed by atoms with Gasteiger partial charge in [-0.15, -0.1) is 0 Å². The van der Waals surface area contributed by atoms with Gasteiger partial charge in [-0.25, -0.2) is 0 Å². The zero-order valence-corrected chi connectivity index (χ0v) is 11.4. The van der Waals surface area contributed by atoms with Crippen molar-refractivity contribution in [2.24, 2.45) is 29.1 Å². The van der Waals surface area contributed by atoms with Crippen molar-refractivity contribution in [3.8, 4) is 0 Å². The highest BCUT2D eigenvalue weighted by molar-refractivity contribution is 5.01. The summed E-state index contributed by atoms with van der Waals surface area (Å²) in [4.78, 5) is 0. The lowest BCUT2D eigenvalue weighted by Crippen LogP contribution is -2.40. The van der Waals surface area contributed by atoms with Gasteiger partial charge in [0.25, 0.3) is 0 Å². The average Bonchev–Trinajstić information content (AvgIpc) is 2.55. The molecule has 2 fully saturated rings. The highest BCUT2D eigenvalue weighted by Gasteiger charge is 2.51. The largest absolute Gasteiger partial charge is 0.393 e. The van der Waals surface area contributed by atoms with E-state index in [4.69, 9.17) is 0 Å². The van der Waals surface area contributed by atoms with Crippen molar-refractivity contribution in [2.45, 2.75) is 65.9 Å². The topological polar surface area (TPSA) is 20.2 Å². The van der Waals surface area contributed by atoms with Crippen LogP contribution in [0.3, 0.4) is 0 Å².